The van der Waals surface area contributed by atoms with Gasteiger partial charge in [0.2, 0.25) is 0 Å². The van der Waals surface area contributed by atoms with E-state index >= 15 is 0 Å². The normalized spacial score (nSPS) is 10.4. The Hall–Kier alpha value is -3.18. The van der Waals surface area contributed by atoms with Crippen LogP contribution in [0.15, 0.2) is 60.9 Å². The van der Waals surface area contributed by atoms with Crippen LogP contribution >= 0.6 is 11.6 Å². The molecular weight excluding hydrogens is 374 g/mol. The first-order chi connectivity index (χ1) is 13.5. The molecule has 2 aromatic carbocycles. The first-order valence-corrected chi connectivity index (χ1v) is 9.27. The SMILES string of the molecule is CCc1ccccc1NC(=O)c1cncc(C(=O)Nc2cc(Cl)ccc2C)c1. The van der Waals surface area contributed by atoms with Crippen molar-refractivity contribution in [2.24, 2.45) is 0 Å². The summed E-state index contributed by atoms with van der Waals surface area (Å²) in [6.45, 7) is 3.90. The van der Waals surface area contributed by atoms with E-state index in [1.54, 1.807) is 12.1 Å². The number of hydrogen-bond donors (Lipinski definition) is 2. The molecule has 0 spiro atoms. The van der Waals surface area contributed by atoms with Crippen LogP contribution in [0.1, 0.15) is 38.8 Å². The van der Waals surface area contributed by atoms with Gasteiger partial charge in [0.1, 0.15) is 0 Å². The Morgan fingerprint density at radius 2 is 1.57 bits per heavy atom. The summed E-state index contributed by atoms with van der Waals surface area (Å²) in [5, 5.41) is 6.22. The number of aryl methyl sites for hydroxylation is 2. The fourth-order valence-corrected chi connectivity index (χ4v) is 2.93. The van der Waals surface area contributed by atoms with E-state index in [1.165, 1.54) is 18.5 Å². The van der Waals surface area contributed by atoms with E-state index < -0.39 is 0 Å². The first kappa shape index (κ1) is 19.6. The van der Waals surface area contributed by atoms with E-state index in [0.717, 1.165) is 23.2 Å². The number of rotatable bonds is 5. The number of aromatic nitrogens is 1. The number of pyridine rings is 1. The van der Waals surface area contributed by atoms with Gasteiger partial charge in [-0.2, -0.15) is 0 Å². The average molecular weight is 394 g/mol. The average Bonchev–Trinajstić information content (AvgIpc) is 2.71. The van der Waals surface area contributed by atoms with E-state index in [4.69, 9.17) is 11.6 Å². The van der Waals surface area contributed by atoms with Crippen molar-refractivity contribution < 1.29 is 9.59 Å². The summed E-state index contributed by atoms with van der Waals surface area (Å²) in [7, 11) is 0. The maximum atomic E-state index is 12.6. The number of benzene rings is 2. The second-order valence-corrected chi connectivity index (χ2v) is 6.78. The van der Waals surface area contributed by atoms with Crippen molar-refractivity contribution in [3.63, 3.8) is 0 Å². The Kier molecular flexibility index (Phi) is 6.06. The molecule has 6 heteroatoms. The summed E-state index contributed by atoms with van der Waals surface area (Å²) < 4.78 is 0. The third kappa shape index (κ3) is 4.56. The predicted octanol–water partition coefficient (Wildman–Crippen LogP) is 5.11. The standard InChI is InChI=1S/C22H20ClN3O2/c1-3-15-6-4-5-7-19(15)25-21(27)16-10-17(13-24-12-16)22(28)26-20-11-18(23)9-8-14(20)2/h4-13H,3H2,1-2H3,(H,25,27)(H,26,28). The highest BCUT2D eigenvalue weighted by Gasteiger charge is 2.14. The number of para-hydroxylation sites is 1. The van der Waals surface area contributed by atoms with Crippen LogP contribution in [0, 0.1) is 6.92 Å². The van der Waals surface area contributed by atoms with Gasteiger partial charge in [-0.05, 0) is 48.7 Å². The summed E-state index contributed by atoms with van der Waals surface area (Å²) in [6.07, 6.45) is 3.66. The molecule has 0 aliphatic heterocycles. The number of nitrogens with one attached hydrogen (secondary N) is 2. The van der Waals surface area contributed by atoms with Gasteiger partial charge in [-0.1, -0.05) is 42.8 Å². The van der Waals surface area contributed by atoms with Gasteiger partial charge in [-0.25, -0.2) is 0 Å². The minimum absolute atomic E-state index is 0.288. The number of nitrogens with zero attached hydrogens (tertiary/aromatic N) is 1. The third-order valence-electron chi connectivity index (χ3n) is 4.36. The van der Waals surface area contributed by atoms with Gasteiger partial charge in [-0.3, -0.25) is 14.6 Å². The molecule has 3 aromatic rings. The lowest BCUT2D eigenvalue weighted by atomic mass is 10.1. The van der Waals surface area contributed by atoms with Gasteiger partial charge in [0.15, 0.2) is 0 Å². The third-order valence-corrected chi connectivity index (χ3v) is 4.59. The number of carbonyl (C=O) groups is 2. The highest BCUT2D eigenvalue weighted by molar-refractivity contribution is 6.31. The first-order valence-electron chi connectivity index (χ1n) is 8.89. The van der Waals surface area contributed by atoms with E-state index in [1.807, 2.05) is 44.2 Å². The van der Waals surface area contributed by atoms with Crippen LogP contribution in [0.2, 0.25) is 5.02 Å². The fourth-order valence-electron chi connectivity index (χ4n) is 2.76. The monoisotopic (exact) mass is 393 g/mol. The van der Waals surface area contributed by atoms with Crippen LogP contribution in [-0.4, -0.2) is 16.8 Å². The molecule has 0 atom stereocenters. The predicted molar refractivity (Wildman–Crippen MR) is 112 cm³/mol. The van der Waals surface area contributed by atoms with Crippen molar-refractivity contribution in [2.75, 3.05) is 10.6 Å². The molecule has 3 rings (SSSR count). The Bertz CT molecular complexity index is 1030. The fraction of sp³-hybridized carbons (Fsp3) is 0.136. The second-order valence-electron chi connectivity index (χ2n) is 6.34. The summed E-state index contributed by atoms with van der Waals surface area (Å²) in [4.78, 5) is 29.2. The van der Waals surface area contributed by atoms with Gasteiger partial charge in [0, 0.05) is 28.8 Å². The minimum Gasteiger partial charge on any atom is -0.322 e. The molecule has 0 radical (unpaired) electrons. The molecule has 0 aliphatic rings. The lowest BCUT2D eigenvalue weighted by Crippen LogP contribution is -2.17. The number of carbonyl (C=O) groups excluding carboxylic acids is 2. The van der Waals surface area contributed by atoms with Crippen LogP contribution in [0.3, 0.4) is 0 Å². The molecule has 0 saturated carbocycles. The molecule has 5 nitrogen and oxygen atoms in total. The zero-order valence-electron chi connectivity index (χ0n) is 15.6. The van der Waals surface area contributed by atoms with Gasteiger partial charge in [-0.15, -0.1) is 0 Å². The molecule has 1 heterocycles. The van der Waals surface area contributed by atoms with Gasteiger partial charge < -0.3 is 10.6 Å². The van der Waals surface area contributed by atoms with E-state index in [9.17, 15) is 9.59 Å². The molecular formula is C22H20ClN3O2. The molecule has 0 aliphatic carbocycles. The van der Waals surface area contributed by atoms with Crippen molar-refractivity contribution >= 4 is 34.8 Å². The van der Waals surface area contributed by atoms with Crippen molar-refractivity contribution in [2.45, 2.75) is 20.3 Å². The van der Waals surface area contributed by atoms with E-state index in [-0.39, 0.29) is 17.4 Å². The Morgan fingerprint density at radius 3 is 2.25 bits per heavy atom. The lowest BCUT2D eigenvalue weighted by molar-refractivity contribution is 0.102. The van der Waals surface area contributed by atoms with E-state index in [0.29, 0.717) is 16.3 Å². The Balaban J connectivity index is 1.78. The Labute approximate surface area is 168 Å². The highest BCUT2D eigenvalue weighted by Crippen LogP contribution is 2.21. The number of anilines is 2. The second kappa shape index (κ2) is 8.67. The molecule has 0 saturated heterocycles. The minimum atomic E-state index is -0.360. The largest absolute Gasteiger partial charge is 0.322 e. The van der Waals surface area contributed by atoms with Crippen LogP contribution in [0.25, 0.3) is 0 Å². The summed E-state index contributed by atoms with van der Waals surface area (Å²) in [5.74, 6) is -0.677. The zero-order chi connectivity index (χ0) is 20.1. The number of halogens is 1. The van der Waals surface area contributed by atoms with Crippen molar-refractivity contribution in [1.82, 2.24) is 4.98 Å². The van der Waals surface area contributed by atoms with Gasteiger partial charge in [0.25, 0.3) is 11.8 Å². The van der Waals surface area contributed by atoms with Crippen LogP contribution in [0.4, 0.5) is 11.4 Å². The molecule has 2 amide bonds. The molecule has 1 aromatic heterocycles. The van der Waals surface area contributed by atoms with Crippen LogP contribution < -0.4 is 10.6 Å². The Morgan fingerprint density at radius 1 is 0.929 bits per heavy atom. The molecule has 142 valence electrons. The summed E-state index contributed by atoms with van der Waals surface area (Å²) in [5.41, 5.74) is 3.88. The van der Waals surface area contributed by atoms with Crippen molar-refractivity contribution in [1.29, 1.82) is 0 Å². The van der Waals surface area contributed by atoms with Gasteiger partial charge in [0.05, 0.1) is 11.1 Å². The molecule has 28 heavy (non-hydrogen) atoms. The highest BCUT2D eigenvalue weighted by atomic mass is 35.5. The summed E-state index contributed by atoms with van der Waals surface area (Å²) >= 11 is 6.00. The number of hydrogen-bond acceptors (Lipinski definition) is 3. The maximum absolute atomic E-state index is 12.6. The smallest absolute Gasteiger partial charge is 0.257 e. The van der Waals surface area contributed by atoms with Gasteiger partial charge >= 0.3 is 0 Å². The quantitative estimate of drug-likeness (QED) is 0.632. The lowest BCUT2D eigenvalue weighted by Gasteiger charge is -2.11. The summed E-state index contributed by atoms with van der Waals surface area (Å²) in [6, 6.07) is 14.4. The van der Waals surface area contributed by atoms with Crippen molar-refractivity contribution in [3.05, 3.63) is 88.2 Å². The van der Waals surface area contributed by atoms with E-state index in [2.05, 4.69) is 15.6 Å². The van der Waals surface area contributed by atoms with Crippen LogP contribution in [-0.2, 0) is 6.42 Å². The van der Waals surface area contributed by atoms with Crippen LogP contribution in [0.5, 0.6) is 0 Å². The maximum Gasteiger partial charge on any atom is 0.257 e. The number of amides is 2. The molecule has 0 fully saturated rings. The topological polar surface area (TPSA) is 71.1 Å². The molecule has 0 bridgehead atoms. The molecule has 0 unspecified atom stereocenters. The van der Waals surface area contributed by atoms with Crippen molar-refractivity contribution in [3.8, 4) is 0 Å². The molecule has 2 N–H and O–H groups in total. The zero-order valence-corrected chi connectivity index (χ0v) is 16.4.